The highest BCUT2D eigenvalue weighted by Crippen LogP contribution is 2.33. The smallest absolute Gasteiger partial charge is 0.173 e. The molecule has 2 heterocycles. The van der Waals surface area contributed by atoms with E-state index >= 15 is 0 Å². The average Bonchev–Trinajstić information content (AvgIpc) is 3.02. The molecule has 0 radical (unpaired) electrons. The molecule has 0 saturated heterocycles. The molecule has 4 rings (SSSR count). The molecular weight excluding hydrogens is 352 g/mol. The van der Waals surface area contributed by atoms with Gasteiger partial charge in [0.05, 0.1) is 17.1 Å². The summed E-state index contributed by atoms with van der Waals surface area (Å²) in [5, 5.41) is 12.0. The summed E-state index contributed by atoms with van der Waals surface area (Å²) in [5.41, 5.74) is 4.17. The number of hydrogen-bond donors (Lipinski definition) is 4. The van der Waals surface area contributed by atoms with Gasteiger partial charge in [-0.05, 0) is 36.4 Å². The van der Waals surface area contributed by atoms with Crippen LogP contribution in [0.3, 0.4) is 0 Å². The lowest BCUT2D eigenvalue weighted by atomic mass is 10.2. The van der Waals surface area contributed by atoms with Crippen molar-refractivity contribution in [2.75, 3.05) is 16.0 Å². The first kappa shape index (κ1) is 12.9. The molecule has 0 fully saturated rings. The van der Waals surface area contributed by atoms with Gasteiger partial charge in [0.1, 0.15) is 0 Å². The monoisotopic (exact) mass is 362 g/mol. The molecule has 4 N–H and O–H groups in total. The second-order valence-electron chi connectivity index (χ2n) is 4.95. The lowest BCUT2D eigenvalue weighted by molar-refractivity contribution is 0.974. The molecule has 1 unspecified atom stereocenters. The fourth-order valence-electron chi connectivity index (χ4n) is 2.55. The maximum atomic E-state index is 6.01. The molecule has 1 aliphatic heterocycles. The Balaban J connectivity index is 1.61. The predicted octanol–water partition coefficient (Wildman–Crippen LogP) is 4.82. The zero-order valence-electron chi connectivity index (χ0n) is 10.9. The average molecular weight is 364 g/mol. The van der Waals surface area contributed by atoms with Gasteiger partial charge in [-0.3, -0.25) is 0 Å². The van der Waals surface area contributed by atoms with E-state index in [9.17, 15) is 0 Å². The molecule has 1 aliphatic rings. The molecule has 1 atom stereocenters. The van der Waals surface area contributed by atoms with Gasteiger partial charge in [-0.2, -0.15) is 0 Å². The van der Waals surface area contributed by atoms with Crippen molar-refractivity contribution in [3.05, 3.63) is 52.1 Å². The Morgan fingerprint density at radius 3 is 2.81 bits per heavy atom. The Hall–Kier alpha value is -1.85. The van der Waals surface area contributed by atoms with Gasteiger partial charge in [-0.25, -0.2) is 0 Å². The summed E-state index contributed by atoms with van der Waals surface area (Å²) in [6.45, 7) is 0. The van der Waals surface area contributed by atoms with Crippen LogP contribution in [-0.4, -0.2) is 11.3 Å². The van der Waals surface area contributed by atoms with E-state index < -0.39 is 0 Å². The van der Waals surface area contributed by atoms with Crippen LogP contribution in [0.5, 0.6) is 0 Å². The maximum Gasteiger partial charge on any atom is 0.173 e. The standard InChI is InChI=1S/C15H12BrClN4/c16-8-1-3-11-10(5-8)14(7-18-11)21-15-19-12-4-2-9(17)6-13(12)20-15/h1-7,15,18-21H. The van der Waals surface area contributed by atoms with Crippen molar-refractivity contribution in [2.24, 2.45) is 0 Å². The molecule has 1 aromatic heterocycles. The van der Waals surface area contributed by atoms with Gasteiger partial charge < -0.3 is 20.9 Å². The van der Waals surface area contributed by atoms with Crippen molar-refractivity contribution in [3.63, 3.8) is 0 Å². The largest absolute Gasteiger partial charge is 0.359 e. The lowest BCUT2D eigenvalue weighted by Gasteiger charge is -2.15. The number of aromatic amines is 1. The van der Waals surface area contributed by atoms with E-state index in [1.165, 1.54) is 0 Å². The zero-order valence-corrected chi connectivity index (χ0v) is 13.2. The molecule has 3 aromatic rings. The molecule has 0 aliphatic carbocycles. The van der Waals surface area contributed by atoms with E-state index in [0.717, 1.165) is 37.5 Å². The first-order valence-corrected chi connectivity index (χ1v) is 7.72. The third kappa shape index (κ3) is 2.32. The third-order valence-electron chi connectivity index (χ3n) is 3.52. The maximum absolute atomic E-state index is 6.01. The molecule has 4 nitrogen and oxygen atoms in total. The van der Waals surface area contributed by atoms with Crippen molar-refractivity contribution in [1.82, 2.24) is 4.98 Å². The Labute approximate surface area is 135 Å². The molecule has 0 bridgehead atoms. The second-order valence-corrected chi connectivity index (χ2v) is 6.30. The minimum Gasteiger partial charge on any atom is -0.359 e. The topological polar surface area (TPSA) is 51.9 Å². The van der Waals surface area contributed by atoms with Crippen molar-refractivity contribution >= 4 is 55.5 Å². The highest BCUT2D eigenvalue weighted by atomic mass is 79.9. The van der Waals surface area contributed by atoms with Crippen LogP contribution < -0.4 is 16.0 Å². The molecule has 0 spiro atoms. The summed E-state index contributed by atoms with van der Waals surface area (Å²) in [5.74, 6) is 0. The highest BCUT2D eigenvalue weighted by molar-refractivity contribution is 9.10. The number of hydrogen-bond acceptors (Lipinski definition) is 3. The van der Waals surface area contributed by atoms with E-state index in [2.05, 4.69) is 49.0 Å². The van der Waals surface area contributed by atoms with Crippen molar-refractivity contribution in [1.29, 1.82) is 0 Å². The van der Waals surface area contributed by atoms with Crippen molar-refractivity contribution in [2.45, 2.75) is 6.29 Å². The molecule has 2 aromatic carbocycles. The van der Waals surface area contributed by atoms with E-state index in [-0.39, 0.29) is 6.29 Å². The molecule has 6 heteroatoms. The summed E-state index contributed by atoms with van der Waals surface area (Å²) < 4.78 is 1.06. The molecule has 0 amide bonds. The quantitative estimate of drug-likeness (QED) is 0.528. The summed E-state index contributed by atoms with van der Waals surface area (Å²) >= 11 is 9.52. The molecular formula is C15H12BrClN4. The number of rotatable bonds is 2. The first-order chi connectivity index (χ1) is 10.2. The number of nitrogens with one attached hydrogen (secondary N) is 4. The van der Waals surface area contributed by atoms with Crippen LogP contribution >= 0.6 is 27.5 Å². The van der Waals surface area contributed by atoms with Gasteiger partial charge >= 0.3 is 0 Å². The van der Waals surface area contributed by atoms with Crippen LogP contribution in [0.25, 0.3) is 10.9 Å². The molecule has 106 valence electrons. The summed E-state index contributed by atoms with van der Waals surface area (Å²) in [6.07, 6.45) is 1.90. The van der Waals surface area contributed by atoms with E-state index in [1.807, 2.05) is 30.5 Å². The number of benzene rings is 2. The number of aromatic nitrogens is 1. The Bertz CT molecular complexity index is 830. The second kappa shape index (κ2) is 4.86. The van der Waals surface area contributed by atoms with Gasteiger partial charge in [0.25, 0.3) is 0 Å². The Morgan fingerprint density at radius 2 is 1.90 bits per heavy atom. The zero-order chi connectivity index (χ0) is 14.4. The minimum absolute atomic E-state index is 0.0727. The van der Waals surface area contributed by atoms with Crippen LogP contribution in [0.1, 0.15) is 0 Å². The minimum atomic E-state index is -0.0727. The Morgan fingerprint density at radius 1 is 1.05 bits per heavy atom. The highest BCUT2D eigenvalue weighted by Gasteiger charge is 2.20. The lowest BCUT2D eigenvalue weighted by Crippen LogP contribution is -2.31. The van der Waals surface area contributed by atoms with Gasteiger partial charge in [0, 0.05) is 26.6 Å². The third-order valence-corrected chi connectivity index (χ3v) is 4.25. The van der Waals surface area contributed by atoms with Gasteiger partial charge in [0.2, 0.25) is 0 Å². The SMILES string of the molecule is Clc1ccc2c(c1)NC(Nc1c[nH]c3ccc(Br)cc13)N2. The number of H-pyrrole nitrogens is 1. The summed E-state index contributed by atoms with van der Waals surface area (Å²) in [4.78, 5) is 3.26. The molecule has 21 heavy (non-hydrogen) atoms. The fourth-order valence-corrected chi connectivity index (χ4v) is 3.08. The summed E-state index contributed by atoms with van der Waals surface area (Å²) in [6, 6.07) is 11.9. The summed E-state index contributed by atoms with van der Waals surface area (Å²) in [7, 11) is 0. The van der Waals surface area contributed by atoms with Gasteiger partial charge in [-0.1, -0.05) is 27.5 Å². The Kier molecular flexibility index (Phi) is 2.97. The van der Waals surface area contributed by atoms with Crippen LogP contribution in [-0.2, 0) is 0 Å². The number of halogens is 2. The number of anilines is 3. The van der Waals surface area contributed by atoms with Gasteiger partial charge in [0.15, 0.2) is 6.29 Å². The van der Waals surface area contributed by atoms with Crippen LogP contribution in [0.2, 0.25) is 5.02 Å². The first-order valence-electron chi connectivity index (χ1n) is 6.55. The van der Waals surface area contributed by atoms with E-state index in [4.69, 9.17) is 11.6 Å². The van der Waals surface area contributed by atoms with Crippen LogP contribution in [0.4, 0.5) is 17.1 Å². The molecule has 0 saturated carbocycles. The van der Waals surface area contributed by atoms with E-state index in [0.29, 0.717) is 0 Å². The van der Waals surface area contributed by atoms with Gasteiger partial charge in [-0.15, -0.1) is 0 Å². The number of fused-ring (bicyclic) bond motifs is 2. The van der Waals surface area contributed by atoms with Crippen molar-refractivity contribution in [3.8, 4) is 0 Å². The van der Waals surface area contributed by atoms with Crippen LogP contribution in [0, 0.1) is 0 Å². The van der Waals surface area contributed by atoms with E-state index in [1.54, 1.807) is 0 Å². The van der Waals surface area contributed by atoms with Crippen molar-refractivity contribution < 1.29 is 0 Å². The normalized spacial score (nSPS) is 16.4. The predicted molar refractivity (Wildman–Crippen MR) is 92.1 cm³/mol. The van der Waals surface area contributed by atoms with Crippen LogP contribution in [0.15, 0.2) is 47.1 Å². The fraction of sp³-hybridized carbons (Fsp3) is 0.0667.